The first-order chi connectivity index (χ1) is 19.2. The quantitative estimate of drug-likeness (QED) is 0.270. The summed E-state index contributed by atoms with van der Waals surface area (Å²) in [6.45, 7) is -0.285. The highest BCUT2D eigenvalue weighted by molar-refractivity contribution is 9.10. The summed E-state index contributed by atoms with van der Waals surface area (Å²) in [5.41, 5.74) is 1.56. The number of fused-ring (bicyclic) bond motifs is 2. The van der Waals surface area contributed by atoms with Gasteiger partial charge in [-0.15, -0.1) is 0 Å². The predicted octanol–water partition coefficient (Wildman–Crippen LogP) is 5.90. The van der Waals surface area contributed by atoms with Crippen molar-refractivity contribution in [2.24, 2.45) is 5.92 Å². The maximum atomic E-state index is 13.8. The molecule has 0 aliphatic carbocycles. The van der Waals surface area contributed by atoms with Crippen molar-refractivity contribution in [3.63, 3.8) is 0 Å². The first-order valence-electron chi connectivity index (χ1n) is 12.1. The fourth-order valence-corrected chi connectivity index (χ4v) is 8.17. The molecule has 0 bridgehead atoms. The maximum Gasteiger partial charge on any atom is 0.308 e. The minimum absolute atomic E-state index is 0.285. The highest BCUT2D eigenvalue weighted by atomic mass is 79.9. The summed E-state index contributed by atoms with van der Waals surface area (Å²) >= 11 is 11.3. The van der Waals surface area contributed by atoms with Crippen LogP contribution in [0.3, 0.4) is 0 Å². The van der Waals surface area contributed by atoms with Crippen molar-refractivity contribution in [2.45, 2.75) is 22.7 Å². The number of thiazole rings is 1. The number of hydrogen-bond donors (Lipinski definition) is 1. The number of thioether (sulfide) groups is 1. The summed E-state index contributed by atoms with van der Waals surface area (Å²) in [4.78, 5) is 55.0. The van der Waals surface area contributed by atoms with Crippen LogP contribution < -0.4 is 15.1 Å². The second-order valence-electron chi connectivity index (χ2n) is 9.26. The van der Waals surface area contributed by atoms with Gasteiger partial charge in [0.25, 0.3) is 0 Å². The molecule has 3 amide bonds. The molecule has 0 radical (unpaired) electrons. The number of nitrogens with one attached hydrogen (secondary N) is 1. The van der Waals surface area contributed by atoms with E-state index < -0.39 is 40.6 Å². The van der Waals surface area contributed by atoms with Crippen molar-refractivity contribution in [3.8, 4) is 0 Å². The number of amides is 3. The lowest BCUT2D eigenvalue weighted by molar-refractivity contribution is -0.122. The van der Waals surface area contributed by atoms with E-state index in [1.807, 2.05) is 0 Å². The monoisotopic (exact) mass is 657 g/mol. The molecule has 3 aromatic carbocycles. The number of carbonyl (C=O) groups is 3. The minimum atomic E-state index is -0.835. The molecule has 202 valence electrons. The number of aromatic nitrogens is 1. The van der Waals surface area contributed by atoms with Crippen molar-refractivity contribution in [2.75, 3.05) is 10.2 Å². The first-order valence-corrected chi connectivity index (χ1v) is 14.9. The Morgan fingerprint density at radius 2 is 1.62 bits per heavy atom. The van der Waals surface area contributed by atoms with E-state index in [0.717, 1.165) is 27.6 Å². The Hall–Kier alpha value is -3.25. The number of rotatable bonds is 5. The van der Waals surface area contributed by atoms with Crippen LogP contribution in [-0.4, -0.2) is 27.5 Å². The molecule has 3 atom stereocenters. The number of imide groups is 1. The Morgan fingerprint density at radius 3 is 2.30 bits per heavy atom. The summed E-state index contributed by atoms with van der Waals surface area (Å²) in [5.74, 6) is -3.16. The Kier molecular flexibility index (Phi) is 7.16. The summed E-state index contributed by atoms with van der Waals surface area (Å²) in [6, 6.07) is 19.1. The van der Waals surface area contributed by atoms with Gasteiger partial charge in [-0.3, -0.25) is 23.7 Å². The standard InChI is InChI=1S/C28H18BrClFN3O4S2/c29-15-3-11-19(12-4-15)34-25(36)22-21(14-1-7-17(31)8-2-14)24-27(39-23(22)26(34)37)33(28(38)40-24)13-20(35)32-18-9-5-16(30)6-10-18/h1-12,21-23H,13H2,(H,32,35)/t21-,22+,23-/m0/s1. The number of benzene rings is 3. The van der Waals surface area contributed by atoms with E-state index >= 15 is 0 Å². The zero-order valence-electron chi connectivity index (χ0n) is 20.3. The molecular weight excluding hydrogens is 641 g/mol. The van der Waals surface area contributed by atoms with Gasteiger partial charge in [0.15, 0.2) is 0 Å². The number of hydrogen-bond acceptors (Lipinski definition) is 6. The van der Waals surface area contributed by atoms with Gasteiger partial charge >= 0.3 is 4.87 Å². The minimum Gasteiger partial charge on any atom is -0.325 e. The van der Waals surface area contributed by atoms with Gasteiger partial charge < -0.3 is 5.32 Å². The Morgan fingerprint density at radius 1 is 0.950 bits per heavy atom. The fraction of sp³-hybridized carbons (Fsp3) is 0.143. The lowest BCUT2D eigenvalue weighted by atomic mass is 9.83. The van der Waals surface area contributed by atoms with Crippen LogP contribution in [0.4, 0.5) is 15.8 Å². The average Bonchev–Trinajstić information content (AvgIpc) is 3.37. The third-order valence-electron chi connectivity index (χ3n) is 6.79. The van der Waals surface area contributed by atoms with Gasteiger partial charge in [-0.2, -0.15) is 0 Å². The molecule has 3 heterocycles. The van der Waals surface area contributed by atoms with Crippen LogP contribution >= 0.6 is 50.6 Å². The van der Waals surface area contributed by atoms with Crippen molar-refractivity contribution in [1.82, 2.24) is 4.57 Å². The number of anilines is 2. The molecular formula is C28H18BrClFN3O4S2. The second kappa shape index (κ2) is 10.6. The van der Waals surface area contributed by atoms with Crippen LogP contribution in [0.2, 0.25) is 5.02 Å². The third kappa shape index (κ3) is 4.81. The second-order valence-corrected chi connectivity index (χ2v) is 12.7. The van der Waals surface area contributed by atoms with Gasteiger partial charge in [0, 0.05) is 26.0 Å². The lowest BCUT2D eigenvalue weighted by Crippen LogP contribution is -2.33. The average molecular weight is 659 g/mol. The molecule has 2 aliphatic rings. The van der Waals surface area contributed by atoms with Crippen LogP contribution in [0, 0.1) is 11.7 Å². The zero-order chi connectivity index (χ0) is 28.1. The molecule has 40 heavy (non-hydrogen) atoms. The van der Waals surface area contributed by atoms with Crippen molar-refractivity contribution < 1.29 is 18.8 Å². The van der Waals surface area contributed by atoms with Crippen molar-refractivity contribution >= 4 is 79.7 Å². The highest BCUT2D eigenvalue weighted by Crippen LogP contribution is 2.53. The molecule has 2 aliphatic heterocycles. The number of carbonyl (C=O) groups excluding carboxylic acids is 3. The van der Waals surface area contributed by atoms with Crippen LogP contribution in [0.5, 0.6) is 0 Å². The van der Waals surface area contributed by atoms with E-state index in [1.54, 1.807) is 60.7 Å². The molecule has 6 rings (SSSR count). The molecule has 1 fully saturated rings. The molecule has 1 aromatic heterocycles. The molecule has 1 N–H and O–H groups in total. The van der Waals surface area contributed by atoms with E-state index in [9.17, 15) is 23.6 Å². The zero-order valence-corrected chi connectivity index (χ0v) is 24.3. The van der Waals surface area contributed by atoms with Gasteiger partial charge in [0.05, 0.1) is 16.6 Å². The smallest absolute Gasteiger partial charge is 0.308 e. The predicted molar refractivity (Wildman–Crippen MR) is 157 cm³/mol. The molecule has 12 heteroatoms. The maximum absolute atomic E-state index is 13.8. The fourth-order valence-electron chi connectivity index (χ4n) is 5.01. The van der Waals surface area contributed by atoms with E-state index in [0.29, 0.717) is 31.9 Å². The van der Waals surface area contributed by atoms with E-state index in [4.69, 9.17) is 11.6 Å². The molecule has 4 aromatic rings. The third-order valence-corrected chi connectivity index (χ3v) is 10.2. The summed E-state index contributed by atoms with van der Waals surface area (Å²) in [5, 5.41) is 2.89. The SMILES string of the molecule is O=C(Cn1c2c(sc1=O)[C@@H](c1ccc(F)cc1)[C@H]1C(=O)N(c3ccc(Br)cc3)C(=O)[C@H]1S2)Nc1ccc(Cl)cc1. The van der Waals surface area contributed by atoms with Gasteiger partial charge in [-0.1, -0.05) is 62.8 Å². The van der Waals surface area contributed by atoms with Gasteiger partial charge in [-0.05, 0) is 66.2 Å². The summed E-state index contributed by atoms with van der Waals surface area (Å²) in [7, 11) is 0. The number of nitrogens with zero attached hydrogens (tertiary/aromatic N) is 2. The molecule has 7 nitrogen and oxygen atoms in total. The van der Waals surface area contributed by atoms with Crippen LogP contribution in [0.15, 0.2) is 87.1 Å². The normalized spacial score (nSPS) is 19.9. The summed E-state index contributed by atoms with van der Waals surface area (Å²) in [6.07, 6.45) is 0. The van der Waals surface area contributed by atoms with Gasteiger partial charge in [0.1, 0.15) is 17.6 Å². The number of halogens is 3. The van der Waals surface area contributed by atoms with Gasteiger partial charge in [-0.25, -0.2) is 9.29 Å². The molecule has 0 spiro atoms. The van der Waals surface area contributed by atoms with Crippen LogP contribution in [-0.2, 0) is 20.9 Å². The van der Waals surface area contributed by atoms with Crippen molar-refractivity contribution in [3.05, 3.63) is 108 Å². The Labute approximate surface area is 249 Å². The molecule has 0 unspecified atom stereocenters. The van der Waals surface area contributed by atoms with E-state index in [2.05, 4.69) is 21.2 Å². The van der Waals surface area contributed by atoms with Crippen molar-refractivity contribution in [1.29, 1.82) is 0 Å². The lowest BCUT2D eigenvalue weighted by Gasteiger charge is -2.30. The Bertz CT molecular complexity index is 1710. The topological polar surface area (TPSA) is 88.5 Å². The first kappa shape index (κ1) is 26.9. The van der Waals surface area contributed by atoms with Crippen LogP contribution in [0.1, 0.15) is 16.4 Å². The highest BCUT2D eigenvalue weighted by Gasteiger charge is 2.56. The largest absolute Gasteiger partial charge is 0.325 e. The molecule has 0 saturated carbocycles. The Balaban J connectivity index is 1.40. The van der Waals surface area contributed by atoms with Gasteiger partial charge in [0.2, 0.25) is 17.7 Å². The van der Waals surface area contributed by atoms with Crippen LogP contribution in [0.25, 0.3) is 0 Å². The van der Waals surface area contributed by atoms with E-state index in [1.165, 1.54) is 21.6 Å². The molecule has 1 saturated heterocycles. The summed E-state index contributed by atoms with van der Waals surface area (Å²) < 4.78 is 16.0. The van der Waals surface area contributed by atoms with E-state index in [-0.39, 0.29) is 11.4 Å².